The summed E-state index contributed by atoms with van der Waals surface area (Å²) < 4.78 is 13.3. The Bertz CT molecular complexity index is 1140. The molecule has 0 N–H and O–H groups in total. The summed E-state index contributed by atoms with van der Waals surface area (Å²) in [5.41, 5.74) is 0.216. The van der Waals surface area contributed by atoms with Crippen molar-refractivity contribution >= 4 is 46.7 Å². The summed E-state index contributed by atoms with van der Waals surface area (Å²) in [5, 5.41) is 2.04. The minimum atomic E-state index is -0.738. The van der Waals surface area contributed by atoms with Gasteiger partial charge in [0.15, 0.2) is 5.78 Å². The van der Waals surface area contributed by atoms with E-state index in [0.29, 0.717) is 12.8 Å². The van der Waals surface area contributed by atoms with Gasteiger partial charge in [-0.15, -0.1) is 0 Å². The molecule has 1 aliphatic carbocycles. The van der Waals surface area contributed by atoms with Crippen LogP contribution < -0.4 is 0 Å². The van der Waals surface area contributed by atoms with Crippen LogP contribution in [0.3, 0.4) is 0 Å². The van der Waals surface area contributed by atoms with E-state index < -0.39 is 47.7 Å². The summed E-state index contributed by atoms with van der Waals surface area (Å²) >= 11 is 12.0. The Balaban J connectivity index is 1.70. The van der Waals surface area contributed by atoms with Crippen LogP contribution in [0.25, 0.3) is 0 Å². The smallest absolute Gasteiger partial charge is 0.273 e. The van der Waals surface area contributed by atoms with Gasteiger partial charge in [0, 0.05) is 11.1 Å². The zero-order valence-electron chi connectivity index (χ0n) is 17.8. The number of amides is 3. The lowest BCUT2D eigenvalue weighted by Crippen LogP contribution is -2.52. The number of carbonyl (C=O) groups excluding carboxylic acids is 4. The normalized spacial score (nSPS) is 22.3. The molecule has 6 nitrogen and oxygen atoms in total. The Labute approximate surface area is 200 Å². The molecule has 4 rings (SSSR count). The molecular formula is C24H21Cl2FN2O4. The van der Waals surface area contributed by atoms with E-state index >= 15 is 0 Å². The van der Waals surface area contributed by atoms with E-state index in [1.807, 2.05) is 6.92 Å². The van der Waals surface area contributed by atoms with Crippen molar-refractivity contribution in [2.75, 3.05) is 6.54 Å². The van der Waals surface area contributed by atoms with Crippen molar-refractivity contribution in [1.82, 2.24) is 10.0 Å². The predicted octanol–water partition coefficient (Wildman–Crippen LogP) is 4.79. The highest BCUT2D eigenvalue weighted by Crippen LogP contribution is 2.41. The van der Waals surface area contributed by atoms with Crippen LogP contribution in [0.2, 0.25) is 10.0 Å². The third-order valence-electron chi connectivity index (χ3n) is 6.27. The van der Waals surface area contributed by atoms with Crippen molar-refractivity contribution in [3.63, 3.8) is 0 Å². The van der Waals surface area contributed by atoms with Crippen LogP contribution >= 0.6 is 23.2 Å². The molecule has 1 aliphatic heterocycles. The van der Waals surface area contributed by atoms with Crippen LogP contribution in [0.5, 0.6) is 0 Å². The van der Waals surface area contributed by atoms with Crippen LogP contribution in [-0.4, -0.2) is 40.1 Å². The average molecular weight is 491 g/mol. The van der Waals surface area contributed by atoms with Crippen LogP contribution in [0, 0.1) is 23.6 Å². The molecule has 2 aliphatic rings. The molecule has 1 saturated carbocycles. The van der Waals surface area contributed by atoms with Crippen LogP contribution in [0.1, 0.15) is 46.9 Å². The number of halogens is 3. The van der Waals surface area contributed by atoms with E-state index in [-0.39, 0.29) is 27.1 Å². The van der Waals surface area contributed by atoms with Gasteiger partial charge in [-0.2, -0.15) is 5.01 Å². The molecular weight excluding hydrogens is 470 g/mol. The van der Waals surface area contributed by atoms with Gasteiger partial charge in [-0.3, -0.25) is 19.2 Å². The second-order valence-corrected chi connectivity index (χ2v) is 9.36. The molecule has 2 aromatic rings. The minimum absolute atomic E-state index is 0.0696. The first kappa shape index (κ1) is 23.4. The molecule has 0 spiro atoms. The molecule has 2 fully saturated rings. The van der Waals surface area contributed by atoms with Crippen molar-refractivity contribution in [3.8, 4) is 0 Å². The van der Waals surface area contributed by atoms with E-state index in [1.165, 1.54) is 30.3 Å². The molecule has 1 heterocycles. The molecule has 0 aromatic heterocycles. The molecule has 0 radical (unpaired) electrons. The zero-order valence-corrected chi connectivity index (χ0v) is 19.3. The molecule has 172 valence electrons. The predicted molar refractivity (Wildman–Crippen MR) is 120 cm³/mol. The summed E-state index contributed by atoms with van der Waals surface area (Å²) in [5.74, 6) is -3.54. The average Bonchev–Trinajstić information content (AvgIpc) is 3.03. The Kier molecular flexibility index (Phi) is 6.54. The van der Waals surface area contributed by atoms with Gasteiger partial charge in [0.25, 0.3) is 17.7 Å². The summed E-state index contributed by atoms with van der Waals surface area (Å²) in [6, 6.07) is 8.98. The molecule has 2 aromatic carbocycles. The first-order valence-corrected chi connectivity index (χ1v) is 11.4. The number of nitrogens with zero attached hydrogens (tertiary/aromatic N) is 2. The highest BCUT2D eigenvalue weighted by molar-refractivity contribution is 6.42. The van der Waals surface area contributed by atoms with Crippen LogP contribution in [-0.2, 0) is 9.59 Å². The lowest BCUT2D eigenvalue weighted by atomic mass is 9.76. The molecule has 0 unspecified atom stereocenters. The second kappa shape index (κ2) is 9.23. The van der Waals surface area contributed by atoms with Gasteiger partial charge in [0.05, 0.1) is 21.9 Å². The van der Waals surface area contributed by atoms with Crippen LogP contribution in [0.15, 0.2) is 42.5 Å². The molecule has 3 amide bonds. The maximum Gasteiger partial charge on any atom is 0.273 e. The lowest BCUT2D eigenvalue weighted by Gasteiger charge is -2.30. The SMILES string of the molecule is C[C@@H]1CC[C@H]2C(=O)N(N(CC(=O)c3ccc(F)cc3)C(=O)c3ccc(Cl)c(Cl)c3)C(=O)[C@H]2C1. The summed E-state index contributed by atoms with van der Waals surface area (Å²) in [7, 11) is 0. The fraction of sp³-hybridized carbons (Fsp3) is 0.333. The first-order chi connectivity index (χ1) is 15.7. The van der Waals surface area contributed by atoms with Crippen molar-refractivity contribution in [3.05, 3.63) is 69.5 Å². The molecule has 33 heavy (non-hydrogen) atoms. The van der Waals surface area contributed by atoms with Crippen molar-refractivity contribution in [2.45, 2.75) is 26.2 Å². The molecule has 0 bridgehead atoms. The first-order valence-electron chi connectivity index (χ1n) is 10.6. The number of hydrazine groups is 1. The van der Waals surface area contributed by atoms with E-state index in [0.717, 1.165) is 28.6 Å². The summed E-state index contributed by atoms with van der Waals surface area (Å²) in [4.78, 5) is 52.9. The lowest BCUT2D eigenvalue weighted by molar-refractivity contribution is -0.154. The number of imide groups is 1. The quantitative estimate of drug-likeness (QED) is 0.445. The van der Waals surface area contributed by atoms with Gasteiger partial charge in [-0.05, 0) is 67.6 Å². The second-order valence-electron chi connectivity index (χ2n) is 8.54. The number of benzene rings is 2. The number of hydrogen-bond donors (Lipinski definition) is 0. The van der Waals surface area contributed by atoms with Gasteiger partial charge in [0.1, 0.15) is 12.4 Å². The maximum atomic E-state index is 13.4. The molecule has 1 saturated heterocycles. The number of rotatable bonds is 5. The van der Waals surface area contributed by atoms with E-state index in [4.69, 9.17) is 23.2 Å². The zero-order chi connectivity index (χ0) is 23.9. The van der Waals surface area contributed by atoms with Gasteiger partial charge in [0.2, 0.25) is 0 Å². The van der Waals surface area contributed by atoms with Crippen molar-refractivity contribution < 1.29 is 23.6 Å². The summed E-state index contributed by atoms with van der Waals surface area (Å²) in [6.45, 7) is 1.45. The number of ketones is 1. The largest absolute Gasteiger partial charge is 0.292 e. The number of Topliss-reactive ketones (excluding diaryl/α,β-unsaturated/α-hetero) is 1. The van der Waals surface area contributed by atoms with Crippen molar-refractivity contribution in [2.24, 2.45) is 17.8 Å². The third kappa shape index (κ3) is 4.52. The topological polar surface area (TPSA) is 74.8 Å². The monoisotopic (exact) mass is 490 g/mol. The Hall–Kier alpha value is -2.77. The van der Waals surface area contributed by atoms with E-state index in [1.54, 1.807) is 0 Å². The highest BCUT2D eigenvalue weighted by Gasteiger charge is 2.52. The molecule has 9 heteroatoms. The third-order valence-corrected chi connectivity index (χ3v) is 7.01. The standard InChI is InChI=1S/C24H21Cl2FN2O4/c1-13-2-8-17-18(10-13)24(33)29(23(17)32)28(12-21(30)14-3-6-16(27)7-4-14)22(31)15-5-9-19(25)20(26)11-15/h3-7,9,11,13,17-18H,2,8,10,12H2,1H3/t13-,17-,18+/m1/s1. The van der Waals surface area contributed by atoms with E-state index in [9.17, 15) is 23.6 Å². The maximum absolute atomic E-state index is 13.4. The minimum Gasteiger partial charge on any atom is -0.292 e. The van der Waals surface area contributed by atoms with Gasteiger partial charge in [-0.25, -0.2) is 9.40 Å². The van der Waals surface area contributed by atoms with Crippen LogP contribution in [0.4, 0.5) is 4.39 Å². The number of carbonyl (C=O) groups is 4. The van der Waals surface area contributed by atoms with Crippen molar-refractivity contribution in [1.29, 1.82) is 0 Å². The fourth-order valence-electron chi connectivity index (χ4n) is 4.48. The number of hydrogen-bond acceptors (Lipinski definition) is 4. The van der Waals surface area contributed by atoms with Gasteiger partial charge >= 0.3 is 0 Å². The fourth-order valence-corrected chi connectivity index (χ4v) is 4.78. The Morgan fingerprint density at radius 2 is 1.61 bits per heavy atom. The number of fused-ring (bicyclic) bond motifs is 1. The highest BCUT2D eigenvalue weighted by atomic mass is 35.5. The van der Waals surface area contributed by atoms with Gasteiger partial charge < -0.3 is 0 Å². The van der Waals surface area contributed by atoms with E-state index in [2.05, 4.69) is 0 Å². The Morgan fingerprint density at radius 1 is 0.970 bits per heavy atom. The Morgan fingerprint density at radius 3 is 2.27 bits per heavy atom. The van der Waals surface area contributed by atoms with Gasteiger partial charge in [-0.1, -0.05) is 30.1 Å². The molecule has 3 atom stereocenters. The summed E-state index contributed by atoms with van der Waals surface area (Å²) in [6.07, 6.45) is 1.91.